The van der Waals surface area contributed by atoms with E-state index in [0.717, 1.165) is 16.8 Å². The van der Waals surface area contributed by atoms with E-state index in [1.807, 2.05) is 24.5 Å². The molecule has 0 radical (unpaired) electrons. The number of benzene rings is 2. The maximum absolute atomic E-state index is 12.9. The number of rotatable bonds is 8. The second-order valence-corrected chi connectivity index (χ2v) is 8.04. The fourth-order valence-corrected chi connectivity index (χ4v) is 4.06. The van der Waals surface area contributed by atoms with E-state index in [-0.39, 0.29) is 18.8 Å². The molecule has 0 aliphatic rings. The maximum Gasteiger partial charge on any atom is 0.337 e. The fourth-order valence-electron chi connectivity index (χ4n) is 4.06. The normalized spacial score (nSPS) is 10.9. The molecular weight excluding hydrogens is 450 g/mol. The van der Waals surface area contributed by atoms with Gasteiger partial charge in [-0.15, -0.1) is 0 Å². The molecule has 0 aliphatic heterocycles. The first kappa shape index (κ1) is 23.8. The van der Waals surface area contributed by atoms with Crippen molar-refractivity contribution in [1.82, 2.24) is 4.57 Å². The first-order chi connectivity index (χ1) is 16.8. The summed E-state index contributed by atoms with van der Waals surface area (Å²) in [7, 11) is 2.90. The number of aromatic nitrogens is 1. The van der Waals surface area contributed by atoms with Crippen LogP contribution in [0.5, 0.6) is 5.75 Å². The predicted molar refractivity (Wildman–Crippen MR) is 128 cm³/mol. The summed E-state index contributed by atoms with van der Waals surface area (Å²) in [4.78, 5) is 37.0. The van der Waals surface area contributed by atoms with E-state index in [0.29, 0.717) is 33.7 Å². The van der Waals surface area contributed by atoms with Crippen LogP contribution in [0.3, 0.4) is 0 Å². The van der Waals surface area contributed by atoms with Crippen LogP contribution in [0.4, 0.5) is 0 Å². The largest absolute Gasteiger partial charge is 0.497 e. The van der Waals surface area contributed by atoms with Crippen LogP contribution < -0.4 is 4.74 Å². The van der Waals surface area contributed by atoms with Crippen LogP contribution in [-0.4, -0.2) is 43.1 Å². The lowest BCUT2D eigenvalue weighted by Gasteiger charge is -2.10. The van der Waals surface area contributed by atoms with Crippen molar-refractivity contribution in [3.05, 3.63) is 82.9 Å². The minimum atomic E-state index is -0.524. The van der Waals surface area contributed by atoms with Gasteiger partial charge in [-0.3, -0.25) is 9.59 Å². The molecule has 2 aromatic carbocycles. The highest BCUT2D eigenvalue weighted by Gasteiger charge is 2.19. The van der Waals surface area contributed by atoms with Gasteiger partial charge < -0.3 is 23.2 Å². The lowest BCUT2D eigenvalue weighted by atomic mass is 10.1. The first-order valence-corrected chi connectivity index (χ1v) is 10.9. The number of hydrogen-bond acceptors (Lipinski definition) is 7. The highest BCUT2D eigenvalue weighted by atomic mass is 16.5. The summed E-state index contributed by atoms with van der Waals surface area (Å²) >= 11 is 0. The molecule has 0 bridgehead atoms. The number of furan rings is 1. The molecule has 180 valence electrons. The highest BCUT2D eigenvalue weighted by Crippen LogP contribution is 2.26. The molecule has 2 aromatic heterocycles. The molecule has 2 heterocycles. The molecule has 0 spiro atoms. The van der Waals surface area contributed by atoms with Crippen molar-refractivity contribution in [2.75, 3.05) is 20.8 Å². The van der Waals surface area contributed by atoms with Crippen molar-refractivity contribution in [2.45, 2.75) is 20.3 Å². The van der Waals surface area contributed by atoms with Gasteiger partial charge in [0.15, 0.2) is 6.61 Å². The summed E-state index contributed by atoms with van der Waals surface area (Å²) < 4.78 is 22.6. The van der Waals surface area contributed by atoms with Crippen molar-refractivity contribution in [3.8, 4) is 11.4 Å². The van der Waals surface area contributed by atoms with Gasteiger partial charge in [0.2, 0.25) is 5.78 Å². The van der Waals surface area contributed by atoms with Gasteiger partial charge in [-0.1, -0.05) is 0 Å². The second kappa shape index (κ2) is 9.89. The van der Waals surface area contributed by atoms with E-state index < -0.39 is 11.9 Å². The minimum absolute atomic E-state index is 0.0157. The van der Waals surface area contributed by atoms with E-state index in [2.05, 4.69) is 0 Å². The molecule has 0 atom stereocenters. The molecule has 8 nitrogen and oxygen atoms in total. The summed E-state index contributed by atoms with van der Waals surface area (Å²) in [6.07, 6.45) is 1.49. The number of ketones is 1. The van der Waals surface area contributed by atoms with Gasteiger partial charge in [-0.2, -0.15) is 0 Å². The summed E-state index contributed by atoms with van der Waals surface area (Å²) in [5.74, 6) is -0.586. The van der Waals surface area contributed by atoms with Crippen LogP contribution in [0.2, 0.25) is 0 Å². The van der Waals surface area contributed by atoms with Crippen LogP contribution in [0.1, 0.15) is 37.7 Å². The lowest BCUT2D eigenvalue weighted by Crippen LogP contribution is -2.16. The number of ether oxygens (including phenoxy) is 3. The SMILES string of the molecule is COC(=O)c1ccc(-n2c(C)cc(C(=O)COC(=O)Cc3coc4cc(OC)ccc34)c2C)cc1. The third-order valence-corrected chi connectivity index (χ3v) is 5.84. The quantitative estimate of drug-likeness (QED) is 0.271. The number of hydrogen-bond donors (Lipinski definition) is 0. The molecule has 0 amide bonds. The number of Topliss-reactive ketones (excluding diaryl/α,β-unsaturated/α-hetero) is 1. The number of nitrogens with zero attached hydrogens (tertiary/aromatic N) is 1. The number of aryl methyl sites for hydroxylation is 1. The van der Waals surface area contributed by atoms with Crippen LogP contribution >= 0.6 is 0 Å². The number of methoxy groups -OCH3 is 2. The van der Waals surface area contributed by atoms with Gasteiger partial charge in [-0.25, -0.2) is 4.79 Å². The smallest absolute Gasteiger partial charge is 0.337 e. The average molecular weight is 475 g/mol. The summed E-state index contributed by atoms with van der Waals surface area (Å²) in [6, 6.07) is 14.0. The molecule has 0 N–H and O–H groups in total. The maximum atomic E-state index is 12.9. The first-order valence-electron chi connectivity index (χ1n) is 10.9. The number of carbonyl (C=O) groups is 3. The van der Waals surface area contributed by atoms with E-state index in [4.69, 9.17) is 18.6 Å². The number of esters is 2. The summed E-state index contributed by atoms with van der Waals surface area (Å²) in [6.45, 7) is 3.33. The van der Waals surface area contributed by atoms with E-state index in [1.165, 1.54) is 13.4 Å². The van der Waals surface area contributed by atoms with Crippen LogP contribution in [0, 0.1) is 13.8 Å². The second-order valence-electron chi connectivity index (χ2n) is 8.04. The van der Waals surface area contributed by atoms with Crippen molar-refractivity contribution >= 4 is 28.7 Å². The average Bonchev–Trinajstić information content (AvgIpc) is 3.41. The summed E-state index contributed by atoms with van der Waals surface area (Å²) in [5.41, 5.74) is 4.53. The molecule has 4 aromatic rings. The predicted octanol–water partition coefficient (Wildman–Crippen LogP) is 4.60. The molecule has 35 heavy (non-hydrogen) atoms. The van der Waals surface area contributed by atoms with E-state index in [1.54, 1.807) is 49.6 Å². The van der Waals surface area contributed by atoms with Crippen molar-refractivity contribution in [1.29, 1.82) is 0 Å². The molecule has 0 fully saturated rings. The lowest BCUT2D eigenvalue weighted by molar-refractivity contribution is -0.141. The van der Waals surface area contributed by atoms with Gasteiger partial charge in [0.25, 0.3) is 0 Å². The Morgan fingerprint density at radius 3 is 2.40 bits per heavy atom. The van der Waals surface area contributed by atoms with Crippen LogP contribution in [-0.2, 0) is 20.7 Å². The molecule has 8 heteroatoms. The Morgan fingerprint density at radius 2 is 1.71 bits per heavy atom. The molecular formula is C27H25NO7. The Morgan fingerprint density at radius 1 is 0.971 bits per heavy atom. The number of fused-ring (bicyclic) bond motifs is 1. The Balaban J connectivity index is 1.43. The topological polar surface area (TPSA) is 97.0 Å². The van der Waals surface area contributed by atoms with Gasteiger partial charge in [0.1, 0.15) is 11.3 Å². The molecule has 0 aliphatic carbocycles. The minimum Gasteiger partial charge on any atom is -0.497 e. The van der Waals surface area contributed by atoms with Gasteiger partial charge in [0.05, 0.1) is 32.5 Å². The molecule has 0 saturated carbocycles. The van der Waals surface area contributed by atoms with Crippen LogP contribution in [0.25, 0.3) is 16.7 Å². The van der Waals surface area contributed by atoms with Crippen molar-refractivity contribution < 1.29 is 33.0 Å². The van der Waals surface area contributed by atoms with E-state index >= 15 is 0 Å². The zero-order chi connectivity index (χ0) is 25.1. The Kier molecular flexibility index (Phi) is 6.73. The standard InChI is InChI=1S/C27H25NO7/c1-16-11-23(17(2)28(16)20-7-5-18(6-8-20)27(31)33-4)24(29)15-35-26(30)12-19-14-34-25-13-21(32-3)9-10-22(19)25/h5-11,13-14H,12,15H2,1-4H3. The third-order valence-electron chi connectivity index (χ3n) is 5.84. The fraction of sp³-hybridized carbons (Fsp3) is 0.222. The highest BCUT2D eigenvalue weighted by molar-refractivity contribution is 5.99. The zero-order valence-electron chi connectivity index (χ0n) is 19.9. The Hall–Kier alpha value is -4.33. The van der Waals surface area contributed by atoms with E-state index in [9.17, 15) is 14.4 Å². The summed E-state index contributed by atoms with van der Waals surface area (Å²) in [5, 5.41) is 0.788. The van der Waals surface area contributed by atoms with Crippen molar-refractivity contribution in [2.24, 2.45) is 0 Å². The van der Waals surface area contributed by atoms with Crippen molar-refractivity contribution in [3.63, 3.8) is 0 Å². The van der Waals surface area contributed by atoms with Crippen LogP contribution in [0.15, 0.2) is 59.2 Å². The zero-order valence-corrected chi connectivity index (χ0v) is 19.9. The monoisotopic (exact) mass is 475 g/mol. The molecule has 0 saturated heterocycles. The Labute approximate surface area is 202 Å². The number of carbonyl (C=O) groups excluding carboxylic acids is 3. The molecule has 0 unspecified atom stereocenters. The van der Waals surface area contributed by atoms with Gasteiger partial charge >= 0.3 is 11.9 Å². The Bertz CT molecular complexity index is 1410. The third kappa shape index (κ3) is 4.82. The van der Waals surface area contributed by atoms with Gasteiger partial charge in [0, 0.05) is 39.7 Å². The molecule has 4 rings (SSSR count). The van der Waals surface area contributed by atoms with Gasteiger partial charge in [-0.05, 0) is 56.3 Å².